The first kappa shape index (κ1) is 21.2. The van der Waals surface area contributed by atoms with Crippen LogP contribution in [0.15, 0.2) is 37.1 Å². The lowest BCUT2D eigenvalue weighted by Gasteiger charge is -2.18. The number of carbonyl (C=O) groups is 2. The van der Waals surface area contributed by atoms with Crippen LogP contribution in [0.25, 0.3) is 0 Å². The van der Waals surface area contributed by atoms with E-state index < -0.39 is 5.97 Å². The molecule has 0 saturated heterocycles. The lowest BCUT2D eigenvalue weighted by atomic mass is 10.1. The van der Waals surface area contributed by atoms with Gasteiger partial charge in [-0.3, -0.25) is 9.69 Å². The summed E-state index contributed by atoms with van der Waals surface area (Å²) >= 11 is 0. The third kappa shape index (κ3) is 7.69. The van der Waals surface area contributed by atoms with Gasteiger partial charge < -0.3 is 10.4 Å². The van der Waals surface area contributed by atoms with Crippen molar-refractivity contribution in [3.63, 3.8) is 0 Å². The van der Waals surface area contributed by atoms with Crippen molar-refractivity contribution in [1.29, 1.82) is 0 Å². The molecule has 25 heavy (non-hydrogen) atoms. The maximum atomic E-state index is 12.0. The molecule has 1 unspecified atom stereocenters. The van der Waals surface area contributed by atoms with Crippen molar-refractivity contribution in [2.45, 2.75) is 46.0 Å². The molecule has 0 spiro atoms. The van der Waals surface area contributed by atoms with E-state index in [-0.39, 0.29) is 22.9 Å². The van der Waals surface area contributed by atoms with Gasteiger partial charge in [-0.25, -0.2) is 4.79 Å². The molecule has 0 aromatic carbocycles. The molecule has 5 nitrogen and oxygen atoms in total. The van der Waals surface area contributed by atoms with Crippen LogP contribution in [-0.2, 0) is 9.59 Å². The number of nitrogens with one attached hydrogen (secondary N) is 1. The van der Waals surface area contributed by atoms with E-state index >= 15 is 0 Å². The first-order chi connectivity index (χ1) is 11.8. The van der Waals surface area contributed by atoms with Crippen molar-refractivity contribution in [1.82, 2.24) is 10.2 Å². The Hall–Kier alpha value is -1.88. The molecule has 1 aliphatic carbocycles. The molecule has 0 heterocycles. The number of unbranched alkanes of at least 4 members (excludes halogenated alkanes) is 3. The Labute approximate surface area is 151 Å². The number of amides is 1. The molecular formula is C20H32N2O3. The van der Waals surface area contributed by atoms with Crippen LogP contribution in [0.2, 0.25) is 0 Å². The van der Waals surface area contributed by atoms with Gasteiger partial charge in [0.25, 0.3) is 0 Å². The monoisotopic (exact) mass is 348 g/mol. The smallest absolute Gasteiger partial charge is 0.352 e. The highest BCUT2D eigenvalue weighted by Gasteiger charge is 2.50. The van der Waals surface area contributed by atoms with Crippen LogP contribution in [-0.4, -0.2) is 41.5 Å². The zero-order chi connectivity index (χ0) is 18.9. The van der Waals surface area contributed by atoms with Gasteiger partial charge in [-0.15, -0.1) is 13.2 Å². The quantitative estimate of drug-likeness (QED) is 0.304. The van der Waals surface area contributed by atoms with Crippen LogP contribution >= 0.6 is 0 Å². The van der Waals surface area contributed by atoms with Gasteiger partial charge in [0.2, 0.25) is 5.91 Å². The highest BCUT2D eigenvalue weighted by molar-refractivity contribution is 5.94. The zero-order valence-electron chi connectivity index (χ0n) is 15.6. The number of carboxylic acids is 1. The molecular weight excluding hydrogens is 316 g/mol. The average molecular weight is 348 g/mol. The third-order valence-electron chi connectivity index (χ3n) is 4.62. The normalized spacial score (nSPS) is 18.7. The van der Waals surface area contributed by atoms with Gasteiger partial charge >= 0.3 is 5.97 Å². The summed E-state index contributed by atoms with van der Waals surface area (Å²) in [5, 5.41) is 11.8. The SMILES string of the molecule is C=CCN(CC=C)CCCCC/C=C(\NC(=O)C1CC1(C)C)C(=O)O. The van der Waals surface area contributed by atoms with Crippen molar-refractivity contribution in [3.05, 3.63) is 37.1 Å². The van der Waals surface area contributed by atoms with E-state index in [1.165, 1.54) is 0 Å². The van der Waals surface area contributed by atoms with Crippen LogP contribution in [0, 0.1) is 11.3 Å². The summed E-state index contributed by atoms with van der Waals surface area (Å²) in [6.45, 7) is 14.2. The summed E-state index contributed by atoms with van der Waals surface area (Å²) in [6, 6.07) is 0. The molecule has 1 rings (SSSR count). The lowest BCUT2D eigenvalue weighted by molar-refractivity contribution is -0.135. The average Bonchev–Trinajstić information content (AvgIpc) is 3.18. The second-order valence-corrected chi connectivity index (χ2v) is 7.34. The van der Waals surface area contributed by atoms with Gasteiger partial charge in [0.05, 0.1) is 0 Å². The Morgan fingerprint density at radius 2 is 1.80 bits per heavy atom. The van der Waals surface area contributed by atoms with E-state index in [0.29, 0.717) is 6.42 Å². The fourth-order valence-corrected chi connectivity index (χ4v) is 2.85. The van der Waals surface area contributed by atoms with Crippen LogP contribution in [0.1, 0.15) is 46.0 Å². The van der Waals surface area contributed by atoms with E-state index in [1.54, 1.807) is 6.08 Å². The molecule has 0 aliphatic heterocycles. The van der Waals surface area contributed by atoms with Gasteiger partial charge in [0, 0.05) is 19.0 Å². The van der Waals surface area contributed by atoms with E-state index in [9.17, 15) is 14.7 Å². The van der Waals surface area contributed by atoms with E-state index in [0.717, 1.165) is 45.3 Å². The Kier molecular flexibility index (Phi) is 8.62. The first-order valence-corrected chi connectivity index (χ1v) is 9.00. The topological polar surface area (TPSA) is 69.6 Å². The summed E-state index contributed by atoms with van der Waals surface area (Å²) in [7, 11) is 0. The van der Waals surface area contributed by atoms with Crippen LogP contribution in [0.4, 0.5) is 0 Å². The molecule has 0 aromatic rings. The molecule has 1 atom stereocenters. The zero-order valence-corrected chi connectivity index (χ0v) is 15.6. The maximum Gasteiger partial charge on any atom is 0.352 e. The standard InChI is InChI=1S/C20H32N2O3/c1-5-12-22(13-6-2)14-10-8-7-9-11-17(19(24)25)21-18(23)16-15-20(16,3)4/h5-6,11,16H,1-2,7-10,12-15H2,3-4H3,(H,21,23)(H,24,25)/b17-11-. The van der Waals surface area contributed by atoms with E-state index in [2.05, 4.69) is 23.4 Å². The molecule has 1 fully saturated rings. The second-order valence-electron chi connectivity index (χ2n) is 7.34. The Balaban J connectivity index is 2.31. The minimum absolute atomic E-state index is 0.00353. The number of rotatable bonds is 13. The number of carbonyl (C=O) groups excluding carboxylic acids is 1. The van der Waals surface area contributed by atoms with Crippen molar-refractivity contribution >= 4 is 11.9 Å². The number of aliphatic carboxylic acids is 1. The highest BCUT2D eigenvalue weighted by atomic mass is 16.4. The van der Waals surface area contributed by atoms with Gasteiger partial charge in [-0.1, -0.05) is 38.5 Å². The predicted molar refractivity (Wildman–Crippen MR) is 101 cm³/mol. The molecule has 0 aromatic heterocycles. The largest absolute Gasteiger partial charge is 0.477 e. The summed E-state index contributed by atoms with van der Waals surface area (Å²) < 4.78 is 0. The van der Waals surface area contributed by atoms with Crippen molar-refractivity contribution in [2.75, 3.05) is 19.6 Å². The lowest BCUT2D eigenvalue weighted by Crippen LogP contribution is -2.29. The fraction of sp³-hybridized carbons (Fsp3) is 0.600. The van der Waals surface area contributed by atoms with Gasteiger partial charge in [0.1, 0.15) is 5.70 Å². The van der Waals surface area contributed by atoms with Crippen molar-refractivity contribution < 1.29 is 14.7 Å². The molecule has 5 heteroatoms. The molecule has 1 saturated carbocycles. The summed E-state index contributed by atoms with van der Waals surface area (Å²) in [6.07, 6.45) is 9.82. The number of hydrogen-bond acceptors (Lipinski definition) is 3. The highest BCUT2D eigenvalue weighted by Crippen LogP contribution is 2.51. The molecule has 1 amide bonds. The minimum atomic E-state index is -1.07. The van der Waals surface area contributed by atoms with Crippen molar-refractivity contribution in [2.24, 2.45) is 11.3 Å². The number of nitrogens with zero attached hydrogens (tertiary/aromatic N) is 1. The van der Waals surface area contributed by atoms with Crippen LogP contribution < -0.4 is 5.32 Å². The molecule has 2 N–H and O–H groups in total. The number of allylic oxidation sites excluding steroid dienone is 1. The Morgan fingerprint density at radius 1 is 1.20 bits per heavy atom. The third-order valence-corrected chi connectivity index (χ3v) is 4.62. The van der Waals surface area contributed by atoms with E-state index in [4.69, 9.17) is 0 Å². The number of hydrogen-bond donors (Lipinski definition) is 2. The summed E-state index contributed by atoms with van der Waals surface area (Å²) in [5.74, 6) is -1.32. The summed E-state index contributed by atoms with van der Waals surface area (Å²) in [5.41, 5.74) is 0.00355. The molecule has 1 aliphatic rings. The number of carboxylic acid groups (broad SMARTS) is 1. The molecule has 140 valence electrons. The fourth-order valence-electron chi connectivity index (χ4n) is 2.85. The minimum Gasteiger partial charge on any atom is -0.477 e. The maximum absolute atomic E-state index is 12.0. The van der Waals surface area contributed by atoms with Crippen LogP contribution in [0.5, 0.6) is 0 Å². The predicted octanol–water partition coefficient (Wildman–Crippen LogP) is 3.35. The first-order valence-electron chi connectivity index (χ1n) is 9.00. The second kappa shape index (κ2) is 10.2. The Morgan fingerprint density at radius 3 is 2.28 bits per heavy atom. The van der Waals surface area contributed by atoms with Gasteiger partial charge in [-0.05, 0) is 37.6 Å². The molecule has 0 bridgehead atoms. The van der Waals surface area contributed by atoms with Crippen molar-refractivity contribution in [3.8, 4) is 0 Å². The van der Waals surface area contributed by atoms with Gasteiger partial charge in [0.15, 0.2) is 0 Å². The van der Waals surface area contributed by atoms with Gasteiger partial charge in [-0.2, -0.15) is 0 Å². The van der Waals surface area contributed by atoms with Crippen LogP contribution in [0.3, 0.4) is 0 Å². The summed E-state index contributed by atoms with van der Waals surface area (Å²) in [4.78, 5) is 25.6. The molecule has 0 radical (unpaired) electrons. The van der Waals surface area contributed by atoms with E-state index in [1.807, 2.05) is 26.0 Å². The Bertz CT molecular complexity index is 513.